The molecule has 0 radical (unpaired) electrons. The third kappa shape index (κ3) is 13.8. The Morgan fingerprint density at radius 1 is 1.10 bits per heavy atom. The molecule has 0 aliphatic rings. The van der Waals surface area contributed by atoms with Crippen molar-refractivity contribution in [3.63, 3.8) is 0 Å². The van der Waals surface area contributed by atoms with Crippen molar-refractivity contribution in [1.82, 2.24) is 0 Å². The monoisotopic (exact) mass is 443 g/mol. The van der Waals surface area contributed by atoms with Gasteiger partial charge >= 0.3 is 0 Å². The summed E-state index contributed by atoms with van der Waals surface area (Å²) in [6.45, 7) is 24.3. The second-order valence-electron chi connectivity index (χ2n) is 7.53. The molecular formula is C29H46ClN. The number of nitrogens with two attached hydrogens (primary N) is 1. The molecule has 0 aliphatic carbocycles. The first-order valence-electron chi connectivity index (χ1n) is 11.5. The maximum absolute atomic E-state index is 5.93. The molecule has 0 spiro atoms. The second-order valence-corrected chi connectivity index (χ2v) is 7.94. The zero-order valence-electron chi connectivity index (χ0n) is 21.4. The Balaban J connectivity index is 0. The molecule has 0 fully saturated rings. The molecular weight excluding hydrogens is 398 g/mol. The van der Waals surface area contributed by atoms with Crippen molar-refractivity contribution in [3.8, 4) is 0 Å². The first-order chi connectivity index (χ1) is 14.7. The molecule has 0 atom stereocenters. The van der Waals surface area contributed by atoms with Crippen molar-refractivity contribution in [2.45, 2.75) is 87.5 Å². The van der Waals surface area contributed by atoms with Crippen LogP contribution in [-0.4, -0.2) is 0 Å². The summed E-state index contributed by atoms with van der Waals surface area (Å²) in [4.78, 5) is 0. The molecule has 0 unspecified atom stereocenters. The Bertz CT molecular complexity index is 759. The fraction of sp³-hybridized carbons (Fsp3) is 0.448. The quantitative estimate of drug-likeness (QED) is 0.298. The highest BCUT2D eigenvalue weighted by molar-refractivity contribution is 6.31. The van der Waals surface area contributed by atoms with Gasteiger partial charge in [-0.2, -0.15) is 0 Å². The van der Waals surface area contributed by atoms with Gasteiger partial charge in [-0.05, 0) is 94.2 Å². The molecule has 0 aromatic heterocycles. The van der Waals surface area contributed by atoms with Gasteiger partial charge in [0.1, 0.15) is 0 Å². The van der Waals surface area contributed by atoms with E-state index in [0.717, 1.165) is 47.5 Å². The van der Waals surface area contributed by atoms with Gasteiger partial charge in [-0.15, -0.1) is 6.58 Å². The van der Waals surface area contributed by atoms with Gasteiger partial charge in [0.2, 0.25) is 0 Å². The standard InChI is InChI=1S/C15H25N.C12H15Cl.C2H6/c1-6-9-11-15(13(5)16)12(4)14(8-3)10-7-2;1-9(2)4-5-11-6-7-12(13)10(3)8-11;1-2/h7-8,10H,4,6,9,11,16H2,1-3,5H3;6-8H,1,4-5H2,2-3H3;1-2H3/b10-7-,14-8+,15-13-;;. The van der Waals surface area contributed by atoms with Crippen LogP contribution in [0.5, 0.6) is 0 Å². The van der Waals surface area contributed by atoms with Crippen LogP contribution in [-0.2, 0) is 6.42 Å². The Morgan fingerprint density at radius 3 is 2.13 bits per heavy atom. The predicted molar refractivity (Wildman–Crippen MR) is 145 cm³/mol. The summed E-state index contributed by atoms with van der Waals surface area (Å²) in [5.41, 5.74) is 14.0. The zero-order valence-corrected chi connectivity index (χ0v) is 22.1. The molecule has 2 heteroatoms. The van der Waals surface area contributed by atoms with E-state index in [2.05, 4.69) is 51.3 Å². The van der Waals surface area contributed by atoms with E-state index < -0.39 is 0 Å². The number of hydrogen-bond donors (Lipinski definition) is 1. The van der Waals surface area contributed by atoms with E-state index in [0.29, 0.717) is 0 Å². The molecule has 1 aromatic rings. The second kappa shape index (κ2) is 18.8. The Labute approximate surface area is 198 Å². The van der Waals surface area contributed by atoms with Gasteiger partial charge in [0.25, 0.3) is 0 Å². The summed E-state index contributed by atoms with van der Waals surface area (Å²) in [6, 6.07) is 6.19. The Morgan fingerprint density at radius 2 is 1.71 bits per heavy atom. The van der Waals surface area contributed by atoms with Crippen molar-refractivity contribution >= 4 is 11.6 Å². The minimum absolute atomic E-state index is 0.846. The van der Waals surface area contributed by atoms with Gasteiger partial charge in [-0.3, -0.25) is 0 Å². The number of hydrogen-bond acceptors (Lipinski definition) is 1. The molecule has 0 saturated heterocycles. The molecule has 0 bridgehead atoms. The first-order valence-corrected chi connectivity index (χ1v) is 11.9. The van der Waals surface area contributed by atoms with Crippen LogP contribution in [0.1, 0.15) is 85.3 Å². The largest absolute Gasteiger partial charge is 0.402 e. The first kappa shape index (κ1) is 31.2. The maximum Gasteiger partial charge on any atom is 0.0435 e. The van der Waals surface area contributed by atoms with Gasteiger partial charge in [0.05, 0.1) is 0 Å². The Kier molecular flexibility index (Phi) is 18.9. The molecule has 1 rings (SSSR count). The third-order valence-corrected chi connectivity index (χ3v) is 5.11. The molecule has 174 valence electrons. The number of aryl methyl sites for hydroxylation is 2. The predicted octanol–water partition coefficient (Wildman–Crippen LogP) is 9.67. The average molecular weight is 444 g/mol. The summed E-state index contributed by atoms with van der Waals surface area (Å²) < 4.78 is 0. The van der Waals surface area contributed by atoms with E-state index >= 15 is 0 Å². The molecule has 0 heterocycles. The van der Waals surface area contributed by atoms with Crippen LogP contribution in [0.2, 0.25) is 5.02 Å². The van der Waals surface area contributed by atoms with Crippen molar-refractivity contribution in [1.29, 1.82) is 0 Å². The highest BCUT2D eigenvalue weighted by Gasteiger charge is 2.07. The van der Waals surface area contributed by atoms with E-state index in [1.165, 1.54) is 28.7 Å². The Hall–Kier alpha value is -1.99. The molecule has 2 N–H and O–H groups in total. The lowest BCUT2D eigenvalue weighted by Gasteiger charge is -2.13. The van der Waals surface area contributed by atoms with E-state index in [4.69, 9.17) is 17.3 Å². The van der Waals surface area contributed by atoms with Crippen molar-refractivity contribution < 1.29 is 0 Å². The lowest BCUT2D eigenvalue weighted by atomic mass is 9.93. The van der Waals surface area contributed by atoms with Gasteiger partial charge in [0, 0.05) is 10.7 Å². The fourth-order valence-corrected chi connectivity index (χ4v) is 3.00. The summed E-state index contributed by atoms with van der Waals surface area (Å²) in [6.07, 6.45) is 11.7. The van der Waals surface area contributed by atoms with Crippen molar-refractivity contribution in [3.05, 3.63) is 93.7 Å². The van der Waals surface area contributed by atoms with Crippen LogP contribution < -0.4 is 5.73 Å². The number of halogens is 1. The van der Waals surface area contributed by atoms with E-state index in [-0.39, 0.29) is 0 Å². The molecule has 1 nitrogen and oxygen atoms in total. The lowest BCUT2D eigenvalue weighted by Crippen LogP contribution is -2.02. The number of unbranched alkanes of at least 4 members (excludes halogenated alkanes) is 1. The van der Waals surface area contributed by atoms with Crippen molar-refractivity contribution in [2.24, 2.45) is 5.73 Å². The minimum Gasteiger partial charge on any atom is -0.402 e. The lowest BCUT2D eigenvalue weighted by molar-refractivity contribution is 0.786. The highest BCUT2D eigenvalue weighted by Crippen LogP contribution is 2.25. The maximum atomic E-state index is 5.93. The van der Waals surface area contributed by atoms with Gasteiger partial charge < -0.3 is 5.73 Å². The summed E-state index contributed by atoms with van der Waals surface area (Å²) in [5, 5.41) is 0.846. The average Bonchev–Trinajstić information content (AvgIpc) is 2.74. The van der Waals surface area contributed by atoms with Crippen LogP contribution in [0, 0.1) is 6.92 Å². The molecule has 1 aromatic carbocycles. The van der Waals surface area contributed by atoms with Crippen LogP contribution in [0.25, 0.3) is 0 Å². The smallest absolute Gasteiger partial charge is 0.0435 e. The van der Waals surface area contributed by atoms with Crippen LogP contribution in [0.4, 0.5) is 0 Å². The third-order valence-electron chi connectivity index (χ3n) is 4.69. The van der Waals surface area contributed by atoms with Crippen LogP contribution in [0.15, 0.2) is 77.6 Å². The minimum atomic E-state index is 0.846. The number of benzene rings is 1. The van der Waals surface area contributed by atoms with Crippen LogP contribution >= 0.6 is 11.6 Å². The summed E-state index contributed by atoms with van der Waals surface area (Å²) >= 11 is 5.93. The van der Waals surface area contributed by atoms with E-state index in [1.807, 2.05) is 53.7 Å². The molecule has 0 amide bonds. The van der Waals surface area contributed by atoms with Gasteiger partial charge in [-0.1, -0.05) is 81.3 Å². The van der Waals surface area contributed by atoms with E-state index in [9.17, 15) is 0 Å². The number of allylic oxidation sites excluding steroid dienone is 8. The van der Waals surface area contributed by atoms with Gasteiger partial charge in [-0.25, -0.2) is 0 Å². The SMILES string of the molecule is C=C(/C(CCCC)=C(/C)N)C(/C=C\C)=C/C.C=C(C)CCc1ccc(Cl)c(C)c1.CC. The molecule has 31 heavy (non-hydrogen) atoms. The molecule has 0 saturated carbocycles. The van der Waals surface area contributed by atoms with Crippen molar-refractivity contribution in [2.75, 3.05) is 0 Å². The molecule has 0 aliphatic heterocycles. The summed E-state index contributed by atoms with van der Waals surface area (Å²) in [7, 11) is 0. The van der Waals surface area contributed by atoms with Crippen LogP contribution in [0.3, 0.4) is 0 Å². The van der Waals surface area contributed by atoms with Gasteiger partial charge in [0.15, 0.2) is 0 Å². The number of rotatable bonds is 9. The summed E-state index contributed by atoms with van der Waals surface area (Å²) in [5.74, 6) is 0. The normalized spacial score (nSPS) is 11.7. The highest BCUT2D eigenvalue weighted by atomic mass is 35.5. The topological polar surface area (TPSA) is 26.0 Å². The zero-order chi connectivity index (χ0) is 24.4. The fourth-order valence-electron chi connectivity index (χ4n) is 2.88. The van der Waals surface area contributed by atoms with E-state index in [1.54, 1.807) is 0 Å².